The molecular formula is C18H22N4O2S. The van der Waals surface area contributed by atoms with E-state index in [1.165, 1.54) is 6.20 Å². The van der Waals surface area contributed by atoms with Crippen molar-refractivity contribution in [1.29, 1.82) is 0 Å². The second kappa shape index (κ2) is 6.48. The number of pyridine rings is 1. The normalized spacial score (nSPS) is 12.2. The standard InChI is InChI=1S/C18H22N4O2S/c1-12(2)14-5-7-17(8-6-14)25(23,24)21-16-9-15-10-20-22(13(3)4)18(15)19-11-16/h5-13,21H,1-4H3. The summed E-state index contributed by atoms with van der Waals surface area (Å²) < 4.78 is 29.5. The highest BCUT2D eigenvalue weighted by Gasteiger charge is 2.16. The summed E-state index contributed by atoms with van der Waals surface area (Å²) in [7, 11) is -3.65. The third-order valence-electron chi connectivity index (χ3n) is 4.03. The van der Waals surface area contributed by atoms with Crippen molar-refractivity contribution in [2.24, 2.45) is 0 Å². The molecule has 25 heavy (non-hydrogen) atoms. The van der Waals surface area contributed by atoms with Crippen molar-refractivity contribution in [2.75, 3.05) is 4.72 Å². The van der Waals surface area contributed by atoms with E-state index >= 15 is 0 Å². The molecule has 0 bridgehead atoms. The van der Waals surface area contributed by atoms with Crippen LogP contribution < -0.4 is 4.72 Å². The summed E-state index contributed by atoms with van der Waals surface area (Å²) in [6.07, 6.45) is 3.21. The Morgan fingerprint density at radius 1 is 1.04 bits per heavy atom. The minimum Gasteiger partial charge on any atom is -0.278 e. The summed E-state index contributed by atoms with van der Waals surface area (Å²) in [6.45, 7) is 8.18. The number of sulfonamides is 1. The topological polar surface area (TPSA) is 76.9 Å². The Morgan fingerprint density at radius 2 is 1.72 bits per heavy atom. The quantitative estimate of drug-likeness (QED) is 0.749. The molecule has 2 aromatic heterocycles. The van der Waals surface area contributed by atoms with E-state index in [1.54, 1.807) is 29.1 Å². The van der Waals surface area contributed by atoms with Gasteiger partial charge in [0, 0.05) is 11.4 Å². The fourth-order valence-electron chi connectivity index (χ4n) is 2.62. The van der Waals surface area contributed by atoms with Gasteiger partial charge in [-0.05, 0) is 43.5 Å². The highest BCUT2D eigenvalue weighted by Crippen LogP contribution is 2.22. The van der Waals surface area contributed by atoms with Crippen LogP contribution in [0.5, 0.6) is 0 Å². The lowest BCUT2D eigenvalue weighted by Gasteiger charge is -2.10. The van der Waals surface area contributed by atoms with Crippen LogP contribution in [0.2, 0.25) is 0 Å². The van der Waals surface area contributed by atoms with E-state index in [0.29, 0.717) is 11.6 Å². The molecule has 3 rings (SSSR count). The lowest BCUT2D eigenvalue weighted by molar-refractivity contribution is 0.546. The van der Waals surface area contributed by atoms with Gasteiger partial charge in [0.25, 0.3) is 10.0 Å². The summed E-state index contributed by atoms with van der Waals surface area (Å²) in [5, 5.41) is 5.09. The maximum Gasteiger partial charge on any atom is 0.261 e. The Morgan fingerprint density at radius 3 is 2.32 bits per heavy atom. The Bertz CT molecular complexity index is 990. The molecule has 6 nitrogen and oxygen atoms in total. The molecule has 132 valence electrons. The second-order valence-corrected chi connectivity index (χ2v) is 8.33. The average molecular weight is 358 g/mol. The number of anilines is 1. The van der Waals surface area contributed by atoms with E-state index in [2.05, 4.69) is 28.7 Å². The highest BCUT2D eigenvalue weighted by atomic mass is 32.2. The summed E-state index contributed by atoms with van der Waals surface area (Å²) in [4.78, 5) is 4.58. The highest BCUT2D eigenvalue weighted by molar-refractivity contribution is 7.92. The Labute approximate surface area is 147 Å². The molecule has 0 spiro atoms. The van der Waals surface area contributed by atoms with Gasteiger partial charge >= 0.3 is 0 Å². The number of fused-ring (bicyclic) bond motifs is 1. The lowest BCUT2D eigenvalue weighted by Crippen LogP contribution is -2.13. The zero-order valence-corrected chi connectivity index (χ0v) is 15.6. The van der Waals surface area contributed by atoms with Gasteiger partial charge in [0.2, 0.25) is 0 Å². The van der Waals surface area contributed by atoms with Gasteiger partial charge in [0.05, 0.1) is 23.0 Å². The number of nitrogens with one attached hydrogen (secondary N) is 1. The minimum atomic E-state index is -3.65. The zero-order chi connectivity index (χ0) is 18.2. The van der Waals surface area contributed by atoms with Crippen LogP contribution in [0.25, 0.3) is 11.0 Å². The molecular weight excluding hydrogens is 336 g/mol. The molecule has 0 radical (unpaired) electrons. The van der Waals surface area contributed by atoms with Gasteiger partial charge in [-0.2, -0.15) is 5.10 Å². The average Bonchev–Trinajstić information content (AvgIpc) is 2.98. The molecule has 0 aliphatic carbocycles. The van der Waals surface area contributed by atoms with Crippen LogP contribution in [0.1, 0.15) is 45.2 Å². The summed E-state index contributed by atoms with van der Waals surface area (Å²) in [5.74, 6) is 0.355. The SMILES string of the molecule is CC(C)c1ccc(S(=O)(=O)Nc2cnc3c(cnn3C(C)C)c2)cc1. The molecule has 7 heteroatoms. The van der Waals surface area contributed by atoms with Crippen LogP contribution in [0.3, 0.4) is 0 Å². The van der Waals surface area contributed by atoms with Crippen molar-refractivity contribution in [3.63, 3.8) is 0 Å². The lowest BCUT2D eigenvalue weighted by atomic mass is 10.0. The van der Waals surface area contributed by atoms with Gasteiger partial charge < -0.3 is 0 Å². The third kappa shape index (κ3) is 3.51. The van der Waals surface area contributed by atoms with Crippen LogP contribution in [0.4, 0.5) is 5.69 Å². The number of hydrogen-bond acceptors (Lipinski definition) is 4. The number of rotatable bonds is 5. The Kier molecular flexibility index (Phi) is 4.51. The first-order chi connectivity index (χ1) is 11.8. The van der Waals surface area contributed by atoms with E-state index < -0.39 is 10.0 Å². The number of aromatic nitrogens is 3. The van der Waals surface area contributed by atoms with Crippen LogP contribution in [0.15, 0.2) is 47.6 Å². The van der Waals surface area contributed by atoms with Gasteiger partial charge in [-0.3, -0.25) is 4.72 Å². The summed E-state index contributed by atoms with van der Waals surface area (Å²) in [5.41, 5.74) is 2.26. The zero-order valence-electron chi connectivity index (χ0n) is 14.8. The fourth-order valence-corrected chi connectivity index (χ4v) is 3.65. The molecule has 0 aliphatic rings. The van der Waals surface area contributed by atoms with Gasteiger partial charge in [-0.15, -0.1) is 0 Å². The maximum atomic E-state index is 12.6. The van der Waals surface area contributed by atoms with E-state index in [9.17, 15) is 8.42 Å². The first-order valence-corrected chi connectivity index (χ1v) is 9.72. The smallest absolute Gasteiger partial charge is 0.261 e. The van der Waals surface area contributed by atoms with Crippen molar-refractivity contribution in [3.05, 3.63) is 48.3 Å². The second-order valence-electron chi connectivity index (χ2n) is 6.65. The van der Waals surface area contributed by atoms with Gasteiger partial charge in [-0.1, -0.05) is 26.0 Å². The van der Waals surface area contributed by atoms with E-state index in [1.807, 2.05) is 26.0 Å². The molecule has 0 amide bonds. The van der Waals surface area contributed by atoms with Crippen LogP contribution in [-0.4, -0.2) is 23.2 Å². The van der Waals surface area contributed by atoms with E-state index in [4.69, 9.17) is 0 Å². The monoisotopic (exact) mass is 358 g/mol. The molecule has 1 N–H and O–H groups in total. The molecule has 0 saturated carbocycles. The molecule has 0 fully saturated rings. The minimum absolute atomic E-state index is 0.187. The molecule has 0 saturated heterocycles. The van der Waals surface area contributed by atoms with Crippen molar-refractivity contribution in [2.45, 2.75) is 44.6 Å². The van der Waals surface area contributed by atoms with E-state index in [-0.39, 0.29) is 10.9 Å². The molecule has 2 heterocycles. The molecule has 3 aromatic rings. The van der Waals surface area contributed by atoms with Gasteiger partial charge in [-0.25, -0.2) is 18.1 Å². The van der Waals surface area contributed by atoms with Crippen molar-refractivity contribution < 1.29 is 8.42 Å². The molecule has 0 atom stereocenters. The van der Waals surface area contributed by atoms with Crippen molar-refractivity contribution in [1.82, 2.24) is 14.8 Å². The molecule has 0 aliphatic heterocycles. The fraction of sp³-hybridized carbons (Fsp3) is 0.333. The largest absolute Gasteiger partial charge is 0.278 e. The number of nitrogens with zero attached hydrogens (tertiary/aromatic N) is 3. The first-order valence-electron chi connectivity index (χ1n) is 8.24. The van der Waals surface area contributed by atoms with E-state index in [0.717, 1.165) is 16.6 Å². The van der Waals surface area contributed by atoms with Crippen LogP contribution >= 0.6 is 0 Å². The Hall–Kier alpha value is -2.41. The molecule has 1 aromatic carbocycles. The predicted molar refractivity (Wildman–Crippen MR) is 99.3 cm³/mol. The molecule has 0 unspecified atom stereocenters. The number of hydrogen-bond donors (Lipinski definition) is 1. The third-order valence-corrected chi connectivity index (χ3v) is 5.43. The summed E-state index contributed by atoms with van der Waals surface area (Å²) >= 11 is 0. The van der Waals surface area contributed by atoms with Gasteiger partial charge in [0.1, 0.15) is 0 Å². The van der Waals surface area contributed by atoms with Crippen molar-refractivity contribution >= 4 is 26.7 Å². The van der Waals surface area contributed by atoms with Gasteiger partial charge in [0.15, 0.2) is 5.65 Å². The Balaban J connectivity index is 1.88. The van der Waals surface area contributed by atoms with Crippen molar-refractivity contribution in [3.8, 4) is 0 Å². The predicted octanol–water partition coefficient (Wildman–Crippen LogP) is 3.94. The number of benzene rings is 1. The van der Waals surface area contributed by atoms with Crippen LogP contribution in [0, 0.1) is 0 Å². The first kappa shape index (κ1) is 17.4. The maximum absolute atomic E-state index is 12.6. The van der Waals surface area contributed by atoms with Crippen LogP contribution in [-0.2, 0) is 10.0 Å². The summed E-state index contributed by atoms with van der Waals surface area (Å²) in [6, 6.07) is 8.86.